The van der Waals surface area contributed by atoms with Crippen molar-refractivity contribution in [3.8, 4) is 0 Å². The Morgan fingerprint density at radius 1 is 1.43 bits per heavy atom. The first-order valence-electron chi connectivity index (χ1n) is 6.74. The molecule has 1 amide bonds. The molecular formula is C14H19N5OS. The molecule has 0 aromatic carbocycles. The summed E-state index contributed by atoms with van der Waals surface area (Å²) < 4.78 is 0. The highest BCUT2D eigenvalue weighted by Gasteiger charge is 2.16. The maximum atomic E-state index is 12.1. The standard InChI is InChI=1S/C14H19N5OS/c1-9(2)7-18-14-19-12(15)11(21-14)13(20)17-8-10-5-3-4-6-16-10/h3-6,9H,7-8,15H2,1-2H3,(H,17,20)(H,18,19). The van der Waals surface area contributed by atoms with Crippen LogP contribution in [0.2, 0.25) is 0 Å². The number of rotatable bonds is 6. The van der Waals surface area contributed by atoms with Gasteiger partial charge in [0.2, 0.25) is 0 Å². The van der Waals surface area contributed by atoms with Crippen LogP contribution >= 0.6 is 11.3 Å². The molecule has 2 rings (SSSR count). The van der Waals surface area contributed by atoms with Gasteiger partial charge in [0.25, 0.3) is 5.91 Å². The highest BCUT2D eigenvalue weighted by Crippen LogP contribution is 2.25. The quantitative estimate of drug-likeness (QED) is 0.760. The van der Waals surface area contributed by atoms with Gasteiger partial charge in [0.15, 0.2) is 5.13 Å². The third-order valence-electron chi connectivity index (χ3n) is 2.68. The molecule has 2 aromatic rings. The molecule has 4 N–H and O–H groups in total. The van der Waals surface area contributed by atoms with Crippen LogP contribution in [-0.4, -0.2) is 22.4 Å². The molecule has 2 heterocycles. The van der Waals surface area contributed by atoms with Gasteiger partial charge >= 0.3 is 0 Å². The van der Waals surface area contributed by atoms with E-state index in [4.69, 9.17) is 5.73 Å². The summed E-state index contributed by atoms with van der Waals surface area (Å²) in [5, 5.41) is 6.64. The van der Waals surface area contributed by atoms with Gasteiger partial charge in [0, 0.05) is 12.7 Å². The van der Waals surface area contributed by atoms with Crippen molar-refractivity contribution in [1.29, 1.82) is 0 Å². The van der Waals surface area contributed by atoms with Crippen LogP contribution in [0.15, 0.2) is 24.4 Å². The fourth-order valence-electron chi connectivity index (χ4n) is 1.62. The molecule has 6 nitrogen and oxygen atoms in total. The Bertz CT molecular complexity index is 597. The molecule has 0 aliphatic rings. The molecule has 0 fully saturated rings. The summed E-state index contributed by atoms with van der Waals surface area (Å²) in [6.07, 6.45) is 1.69. The van der Waals surface area contributed by atoms with E-state index >= 15 is 0 Å². The minimum absolute atomic E-state index is 0.228. The Morgan fingerprint density at radius 3 is 2.90 bits per heavy atom. The molecular weight excluding hydrogens is 286 g/mol. The summed E-state index contributed by atoms with van der Waals surface area (Å²) in [6, 6.07) is 5.56. The molecule has 2 aromatic heterocycles. The van der Waals surface area contributed by atoms with Gasteiger partial charge in [-0.05, 0) is 18.1 Å². The fourth-order valence-corrected chi connectivity index (χ4v) is 2.42. The van der Waals surface area contributed by atoms with E-state index in [1.165, 1.54) is 11.3 Å². The summed E-state index contributed by atoms with van der Waals surface area (Å²) >= 11 is 1.27. The number of pyridine rings is 1. The SMILES string of the molecule is CC(C)CNc1nc(N)c(C(=O)NCc2ccccn2)s1. The van der Waals surface area contributed by atoms with E-state index in [0.29, 0.717) is 22.5 Å². The molecule has 0 aliphatic heterocycles. The molecule has 112 valence electrons. The first kappa shape index (κ1) is 15.2. The van der Waals surface area contributed by atoms with Crippen LogP contribution in [0.25, 0.3) is 0 Å². The van der Waals surface area contributed by atoms with Crippen molar-refractivity contribution in [2.24, 2.45) is 5.92 Å². The number of nitrogens with zero attached hydrogens (tertiary/aromatic N) is 2. The molecule has 0 radical (unpaired) electrons. The number of thiazole rings is 1. The number of nitrogens with two attached hydrogens (primary N) is 1. The molecule has 0 aliphatic carbocycles. The van der Waals surface area contributed by atoms with Crippen LogP contribution in [-0.2, 0) is 6.54 Å². The lowest BCUT2D eigenvalue weighted by Crippen LogP contribution is -2.23. The van der Waals surface area contributed by atoms with Crippen molar-refractivity contribution in [1.82, 2.24) is 15.3 Å². The Balaban J connectivity index is 1.96. The predicted octanol–water partition coefficient (Wildman–Crippen LogP) is 2.12. The first-order valence-corrected chi connectivity index (χ1v) is 7.56. The maximum Gasteiger partial charge on any atom is 0.265 e. The van der Waals surface area contributed by atoms with Gasteiger partial charge in [-0.2, -0.15) is 0 Å². The lowest BCUT2D eigenvalue weighted by atomic mass is 10.2. The molecule has 0 unspecified atom stereocenters. The summed E-state index contributed by atoms with van der Waals surface area (Å²) in [4.78, 5) is 20.9. The molecule has 21 heavy (non-hydrogen) atoms. The molecule has 7 heteroatoms. The third kappa shape index (κ3) is 4.42. The predicted molar refractivity (Wildman–Crippen MR) is 85.3 cm³/mol. The highest BCUT2D eigenvalue weighted by atomic mass is 32.1. The second-order valence-corrected chi connectivity index (χ2v) is 6.01. The summed E-state index contributed by atoms with van der Waals surface area (Å²) in [7, 11) is 0. The van der Waals surface area contributed by atoms with E-state index in [1.807, 2.05) is 18.2 Å². The number of nitrogens with one attached hydrogen (secondary N) is 2. The van der Waals surface area contributed by atoms with Crippen molar-refractivity contribution < 1.29 is 4.79 Å². The lowest BCUT2D eigenvalue weighted by molar-refractivity contribution is 0.0955. The van der Waals surface area contributed by atoms with Crippen LogP contribution < -0.4 is 16.4 Å². The van der Waals surface area contributed by atoms with E-state index in [0.717, 1.165) is 12.2 Å². The minimum Gasteiger partial charge on any atom is -0.382 e. The number of hydrogen-bond donors (Lipinski definition) is 3. The van der Waals surface area contributed by atoms with Crippen LogP contribution in [0.5, 0.6) is 0 Å². The van der Waals surface area contributed by atoms with Crippen molar-refractivity contribution in [3.05, 3.63) is 35.0 Å². The number of carbonyl (C=O) groups is 1. The lowest BCUT2D eigenvalue weighted by Gasteiger charge is -2.04. The molecule has 0 saturated carbocycles. The Hall–Kier alpha value is -2.15. The maximum absolute atomic E-state index is 12.1. The second kappa shape index (κ2) is 7.03. The van der Waals surface area contributed by atoms with Crippen LogP contribution in [0, 0.1) is 5.92 Å². The third-order valence-corrected chi connectivity index (χ3v) is 3.70. The number of aromatic nitrogens is 2. The number of hydrogen-bond acceptors (Lipinski definition) is 6. The van der Waals surface area contributed by atoms with Gasteiger partial charge in [-0.1, -0.05) is 31.3 Å². The minimum atomic E-state index is -0.228. The second-order valence-electron chi connectivity index (χ2n) is 5.01. The Kier molecular flexibility index (Phi) is 5.10. The molecule has 0 bridgehead atoms. The number of amides is 1. The smallest absolute Gasteiger partial charge is 0.265 e. The Morgan fingerprint density at radius 2 is 2.24 bits per heavy atom. The van der Waals surface area contributed by atoms with Gasteiger partial charge in [-0.3, -0.25) is 9.78 Å². The van der Waals surface area contributed by atoms with Crippen molar-refractivity contribution in [3.63, 3.8) is 0 Å². The van der Waals surface area contributed by atoms with Crippen LogP contribution in [0.3, 0.4) is 0 Å². The molecule has 0 atom stereocenters. The normalized spacial score (nSPS) is 10.6. The van der Waals surface area contributed by atoms with Gasteiger partial charge in [0.05, 0.1) is 12.2 Å². The van der Waals surface area contributed by atoms with Crippen LogP contribution in [0.4, 0.5) is 10.9 Å². The van der Waals surface area contributed by atoms with Gasteiger partial charge in [0.1, 0.15) is 10.7 Å². The summed E-state index contributed by atoms with van der Waals surface area (Å²) in [5.74, 6) is 0.523. The summed E-state index contributed by atoms with van der Waals surface area (Å²) in [5.41, 5.74) is 6.60. The largest absolute Gasteiger partial charge is 0.382 e. The zero-order valence-electron chi connectivity index (χ0n) is 12.1. The topological polar surface area (TPSA) is 92.9 Å². The van der Waals surface area contributed by atoms with E-state index in [-0.39, 0.29) is 11.7 Å². The van der Waals surface area contributed by atoms with E-state index < -0.39 is 0 Å². The van der Waals surface area contributed by atoms with Crippen molar-refractivity contribution >= 4 is 28.2 Å². The number of nitrogen functional groups attached to an aromatic ring is 1. The Labute approximate surface area is 127 Å². The fraction of sp³-hybridized carbons (Fsp3) is 0.357. The highest BCUT2D eigenvalue weighted by molar-refractivity contribution is 7.18. The number of anilines is 2. The van der Waals surface area contributed by atoms with Gasteiger partial charge in [-0.25, -0.2) is 4.98 Å². The van der Waals surface area contributed by atoms with Gasteiger partial charge in [-0.15, -0.1) is 0 Å². The molecule has 0 spiro atoms. The van der Waals surface area contributed by atoms with Gasteiger partial charge < -0.3 is 16.4 Å². The van der Waals surface area contributed by atoms with Crippen LogP contribution in [0.1, 0.15) is 29.2 Å². The van der Waals surface area contributed by atoms with E-state index in [2.05, 4.69) is 34.4 Å². The van der Waals surface area contributed by atoms with E-state index in [1.54, 1.807) is 6.20 Å². The zero-order chi connectivity index (χ0) is 15.2. The van der Waals surface area contributed by atoms with Crippen molar-refractivity contribution in [2.45, 2.75) is 20.4 Å². The van der Waals surface area contributed by atoms with E-state index in [9.17, 15) is 4.79 Å². The average Bonchev–Trinajstić information content (AvgIpc) is 2.85. The first-order chi connectivity index (χ1) is 10.1. The summed E-state index contributed by atoms with van der Waals surface area (Å²) in [6.45, 7) is 5.36. The monoisotopic (exact) mass is 305 g/mol. The average molecular weight is 305 g/mol. The van der Waals surface area contributed by atoms with Crippen molar-refractivity contribution in [2.75, 3.05) is 17.6 Å². The molecule has 0 saturated heterocycles. The number of carbonyl (C=O) groups excluding carboxylic acids is 1. The zero-order valence-corrected chi connectivity index (χ0v) is 12.9.